The maximum Gasteiger partial charge on any atom is 0.0106 e. The van der Waals surface area contributed by atoms with E-state index in [4.69, 9.17) is 5.73 Å². The predicted molar refractivity (Wildman–Crippen MR) is 63.5 cm³/mol. The molecule has 3 nitrogen and oxygen atoms in total. The molecule has 0 aromatic rings. The van der Waals surface area contributed by atoms with E-state index in [1.807, 2.05) is 0 Å². The first kappa shape index (κ1) is 13.9. The molecular weight excluding hydrogens is 174 g/mol. The zero-order valence-electron chi connectivity index (χ0n) is 10.3. The van der Waals surface area contributed by atoms with Crippen LogP contribution in [-0.2, 0) is 0 Å². The average Bonchev–Trinajstić information content (AvgIpc) is 2.14. The van der Waals surface area contributed by atoms with Crippen molar-refractivity contribution in [3.05, 3.63) is 0 Å². The molecule has 0 spiro atoms. The van der Waals surface area contributed by atoms with Crippen LogP contribution < -0.4 is 5.73 Å². The van der Waals surface area contributed by atoms with E-state index in [2.05, 4.69) is 37.9 Å². The number of likely N-dealkylation sites (N-methyl/N-ethyl adjacent to an activating group) is 2. The van der Waals surface area contributed by atoms with E-state index in [0.717, 1.165) is 26.2 Å². The van der Waals surface area contributed by atoms with Gasteiger partial charge < -0.3 is 15.5 Å². The molecule has 0 saturated heterocycles. The summed E-state index contributed by atoms with van der Waals surface area (Å²) in [4.78, 5) is 4.60. The summed E-state index contributed by atoms with van der Waals surface area (Å²) in [6, 6.07) is 0. The Balaban J connectivity index is 3.61. The molecule has 2 N–H and O–H groups in total. The standard InChI is InChI=1S/C11H27N3/c1-5-6-11(9-12)10-14(4)8-7-13(2)3/h11H,5-10,12H2,1-4H3. The fourth-order valence-corrected chi connectivity index (χ4v) is 1.59. The normalized spacial score (nSPS) is 13.9. The molecule has 0 fully saturated rings. The van der Waals surface area contributed by atoms with Crippen molar-refractivity contribution in [1.82, 2.24) is 9.80 Å². The van der Waals surface area contributed by atoms with Gasteiger partial charge in [0.2, 0.25) is 0 Å². The van der Waals surface area contributed by atoms with Crippen LogP contribution in [0.25, 0.3) is 0 Å². The van der Waals surface area contributed by atoms with Crippen LogP contribution in [0.5, 0.6) is 0 Å². The van der Waals surface area contributed by atoms with Crippen LogP contribution in [0.2, 0.25) is 0 Å². The molecule has 0 aromatic heterocycles. The number of rotatable bonds is 8. The maximum absolute atomic E-state index is 5.73. The fraction of sp³-hybridized carbons (Fsp3) is 1.00. The Kier molecular flexibility index (Phi) is 8.14. The highest BCUT2D eigenvalue weighted by molar-refractivity contribution is 4.64. The Morgan fingerprint density at radius 2 is 1.79 bits per heavy atom. The minimum Gasteiger partial charge on any atom is -0.330 e. The van der Waals surface area contributed by atoms with E-state index in [0.29, 0.717) is 5.92 Å². The molecule has 14 heavy (non-hydrogen) atoms. The van der Waals surface area contributed by atoms with Gasteiger partial charge in [-0.05, 0) is 40.0 Å². The molecule has 0 saturated carbocycles. The molecule has 0 aliphatic heterocycles. The Morgan fingerprint density at radius 3 is 2.21 bits per heavy atom. The summed E-state index contributed by atoms with van der Waals surface area (Å²) >= 11 is 0. The summed E-state index contributed by atoms with van der Waals surface area (Å²) in [5, 5.41) is 0. The topological polar surface area (TPSA) is 32.5 Å². The lowest BCUT2D eigenvalue weighted by atomic mass is 10.0. The van der Waals surface area contributed by atoms with Gasteiger partial charge in [0.25, 0.3) is 0 Å². The number of hydrogen-bond acceptors (Lipinski definition) is 3. The van der Waals surface area contributed by atoms with Gasteiger partial charge in [0.1, 0.15) is 0 Å². The van der Waals surface area contributed by atoms with Gasteiger partial charge in [-0.25, -0.2) is 0 Å². The second-order valence-electron chi connectivity index (χ2n) is 4.46. The molecule has 0 amide bonds. The highest BCUT2D eigenvalue weighted by Crippen LogP contribution is 2.05. The first-order valence-electron chi connectivity index (χ1n) is 5.63. The first-order valence-corrected chi connectivity index (χ1v) is 5.63. The third-order valence-corrected chi connectivity index (χ3v) is 2.53. The minimum absolute atomic E-state index is 0.673. The van der Waals surface area contributed by atoms with Crippen molar-refractivity contribution >= 4 is 0 Å². The lowest BCUT2D eigenvalue weighted by Crippen LogP contribution is -2.34. The van der Waals surface area contributed by atoms with Crippen molar-refractivity contribution in [2.24, 2.45) is 11.7 Å². The molecule has 0 rings (SSSR count). The van der Waals surface area contributed by atoms with Gasteiger partial charge in [-0.1, -0.05) is 13.3 Å². The molecule has 1 unspecified atom stereocenters. The Morgan fingerprint density at radius 1 is 1.14 bits per heavy atom. The van der Waals surface area contributed by atoms with Gasteiger partial charge in [0.15, 0.2) is 0 Å². The van der Waals surface area contributed by atoms with Crippen molar-refractivity contribution < 1.29 is 0 Å². The van der Waals surface area contributed by atoms with Crippen LogP contribution in [0.4, 0.5) is 0 Å². The molecule has 0 aliphatic rings. The van der Waals surface area contributed by atoms with Gasteiger partial charge in [-0.15, -0.1) is 0 Å². The smallest absolute Gasteiger partial charge is 0.0106 e. The zero-order valence-corrected chi connectivity index (χ0v) is 10.3. The summed E-state index contributed by atoms with van der Waals surface area (Å²) in [7, 11) is 6.41. The van der Waals surface area contributed by atoms with Crippen molar-refractivity contribution in [2.75, 3.05) is 47.3 Å². The van der Waals surface area contributed by atoms with Crippen molar-refractivity contribution in [3.63, 3.8) is 0 Å². The molecule has 0 heterocycles. The largest absolute Gasteiger partial charge is 0.330 e. The van der Waals surface area contributed by atoms with Crippen LogP contribution in [-0.4, -0.2) is 57.1 Å². The van der Waals surface area contributed by atoms with Gasteiger partial charge in [-0.2, -0.15) is 0 Å². The molecular formula is C11H27N3. The number of hydrogen-bond donors (Lipinski definition) is 1. The third-order valence-electron chi connectivity index (χ3n) is 2.53. The summed E-state index contributed by atoms with van der Waals surface area (Å²) < 4.78 is 0. The van der Waals surface area contributed by atoms with Crippen LogP contribution in [0.3, 0.4) is 0 Å². The zero-order chi connectivity index (χ0) is 11.0. The first-order chi connectivity index (χ1) is 6.60. The fourth-order valence-electron chi connectivity index (χ4n) is 1.59. The molecule has 3 heteroatoms. The quantitative estimate of drug-likeness (QED) is 0.632. The average molecular weight is 201 g/mol. The van der Waals surface area contributed by atoms with Crippen LogP contribution in [0.1, 0.15) is 19.8 Å². The Labute approximate surface area is 89.2 Å². The third kappa shape index (κ3) is 7.30. The van der Waals surface area contributed by atoms with Gasteiger partial charge in [0.05, 0.1) is 0 Å². The minimum atomic E-state index is 0.673. The molecule has 0 aliphatic carbocycles. The summed E-state index contributed by atoms with van der Waals surface area (Å²) in [6.07, 6.45) is 2.49. The van der Waals surface area contributed by atoms with E-state index in [1.165, 1.54) is 12.8 Å². The van der Waals surface area contributed by atoms with Crippen molar-refractivity contribution in [2.45, 2.75) is 19.8 Å². The summed E-state index contributed by atoms with van der Waals surface area (Å²) in [5.74, 6) is 0.673. The molecule has 0 aromatic carbocycles. The maximum atomic E-state index is 5.73. The SMILES string of the molecule is CCCC(CN)CN(C)CCN(C)C. The van der Waals surface area contributed by atoms with Crippen molar-refractivity contribution in [3.8, 4) is 0 Å². The van der Waals surface area contributed by atoms with E-state index in [-0.39, 0.29) is 0 Å². The molecule has 86 valence electrons. The summed E-state index contributed by atoms with van der Waals surface area (Å²) in [5.41, 5.74) is 5.73. The second-order valence-corrected chi connectivity index (χ2v) is 4.46. The van der Waals surface area contributed by atoms with Crippen LogP contribution >= 0.6 is 0 Å². The monoisotopic (exact) mass is 201 g/mol. The molecule has 0 radical (unpaired) electrons. The van der Waals surface area contributed by atoms with E-state index in [9.17, 15) is 0 Å². The molecule has 1 atom stereocenters. The Hall–Kier alpha value is -0.120. The molecule has 0 bridgehead atoms. The number of nitrogens with two attached hydrogens (primary N) is 1. The highest BCUT2D eigenvalue weighted by atomic mass is 15.1. The second kappa shape index (κ2) is 8.21. The van der Waals surface area contributed by atoms with Gasteiger partial charge >= 0.3 is 0 Å². The lowest BCUT2D eigenvalue weighted by molar-refractivity contribution is 0.242. The number of nitrogens with zero attached hydrogens (tertiary/aromatic N) is 2. The summed E-state index contributed by atoms with van der Waals surface area (Å²) in [6.45, 7) is 6.44. The van der Waals surface area contributed by atoms with Crippen LogP contribution in [0.15, 0.2) is 0 Å². The van der Waals surface area contributed by atoms with E-state index in [1.54, 1.807) is 0 Å². The van der Waals surface area contributed by atoms with E-state index >= 15 is 0 Å². The van der Waals surface area contributed by atoms with Gasteiger partial charge in [-0.3, -0.25) is 0 Å². The highest BCUT2D eigenvalue weighted by Gasteiger charge is 2.08. The van der Waals surface area contributed by atoms with Gasteiger partial charge in [0, 0.05) is 19.6 Å². The van der Waals surface area contributed by atoms with Crippen LogP contribution in [0, 0.1) is 5.92 Å². The predicted octanol–water partition coefficient (Wildman–Crippen LogP) is 0.855. The van der Waals surface area contributed by atoms with Crippen molar-refractivity contribution in [1.29, 1.82) is 0 Å². The Bertz CT molecular complexity index is 126. The van der Waals surface area contributed by atoms with E-state index < -0.39 is 0 Å². The lowest BCUT2D eigenvalue weighted by Gasteiger charge is -2.24.